The van der Waals surface area contributed by atoms with Crippen LogP contribution < -0.4 is 9.42 Å². The smallest absolute Gasteiger partial charge is 0.273 e. The third-order valence-electron chi connectivity index (χ3n) is 13.9. The Hall–Kier alpha value is -6.17. The van der Waals surface area contributed by atoms with Gasteiger partial charge in [0.15, 0.2) is 5.82 Å². The zero-order valence-electron chi connectivity index (χ0n) is 47.0. The summed E-state index contributed by atoms with van der Waals surface area (Å²) in [5.74, 6) is 3.11. The second kappa shape index (κ2) is 19.2. The van der Waals surface area contributed by atoms with Crippen LogP contribution in [-0.2, 0) is 53.6 Å². The van der Waals surface area contributed by atoms with Crippen LogP contribution in [-0.4, -0.2) is 24.2 Å². The summed E-state index contributed by atoms with van der Waals surface area (Å²) in [5, 5.41) is 7.64. The van der Waals surface area contributed by atoms with Crippen LogP contribution in [0.1, 0.15) is 158 Å². The van der Waals surface area contributed by atoms with Crippen LogP contribution in [0.5, 0.6) is 11.5 Å². The maximum Gasteiger partial charge on any atom is 0.273 e. The summed E-state index contributed by atoms with van der Waals surface area (Å²) in [6, 6.07) is 48.8. The van der Waals surface area contributed by atoms with Gasteiger partial charge >= 0.3 is 0 Å². The first-order valence-corrected chi connectivity index (χ1v) is 25.8. The number of nitrogens with zero attached hydrogens (tertiary/aromatic N) is 6. The molecule has 4 heterocycles. The molecule has 7 nitrogen and oxygen atoms in total. The van der Waals surface area contributed by atoms with E-state index < -0.39 is 0 Å². The molecule has 9 aromatic rings. The second-order valence-electron chi connectivity index (χ2n) is 26.2. The minimum Gasteiger partial charge on any atom is -0.522 e. The van der Waals surface area contributed by atoms with Gasteiger partial charge in [-0.25, -0.2) is 4.98 Å². The molecular weight excluding hydrogens is 1090 g/mol. The summed E-state index contributed by atoms with van der Waals surface area (Å²) < 4.78 is 13.1. The van der Waals surface area contributed by atoms with E-state index in [-0.39, 0.29) is 53.6 Å². The van der Waals surface area contributed by atoms with Gasteiger partial charge in [-0.1, -0.05) is 209 Å². The molecule has 9 rings (SSSR count). The van der Waals surface area contributed by atoms with Gasteiger partial charge in [-0.05, 0) is 106 Å². The van der Waals surface area contributed by atoms with Crippen molar-refractivity contribution in [3.63, 3.8) is 0 Å². The maximum atomic E-state index is 6.97. The number of aromatic nitrogens is 6. The van der Waals surface area contributed by atoms with E-state index in [1.54, 1.807) is 0 Å². The van der Waals surface area contributed by atoms with Gasteiger partial charge in [0.05, 0.1) is 11.5 Å². The molecule has 0 unspecified atom stereocenters. The Kier molecular flexibility index (Phi) is 14.0. The van der Waals surface area contributed by atoms with Crippen molar-refractivity contribution in [3.05, 3.63) is 173 Å². The molecule has 0 radical (unpaired) electrons. The largest absolute Gasteiger partial charge is 0.522 e. The average Bonchev–Trinajstić information content (AvgIpc) is 3.90. The standard InChI is InChI=1S/C66H74N6O.Pt/c1-61(2,3)45-28-29-67-58(37-45)72-55-27-24-43(42-22-20-19-21-23-42)32-54(55)53-26-25-51(38-56(53)72)73-52-39-57(66(16,17)18)68-59(40-52)70-41-71(50-35-48(64(10,11)12)34-49(36-50)65(13,14)15)69-60(70)44-30-46(62(4,5)6)33-47(31-44)63(7,8)9;/h19-37,39H,1-18H3;/q-2;. The number of rotatable bonds is 7. The second-order valence-corrected chi connectivity index (χ2v) is 26.2. The molecule has 0 aliphatic rings. The molecule has 0 aliphatic carbocycles. The molecule has 0 aliphatic heterocycles. The summed E-state index contributed by atoms with van der Waals surface area (Å²) in [6.45, 7) is 40.4. The van der Waals surface area contributed by atoms with Gasteiger partial charge in [0.2, 0.25) is 0 Å². The maximum absolute atomic E-state index is 6.97. The van der Waals surface area contributed by atoms with Crippen molar-refractivity contribution in [1.82, 2.24) is 24.2 Å². The molecule has 0 fully saturated rings. The summed E-state index contributed by atoms with van der Waals surface area (Å²) in [7, 11) is 0. The van der Waals surface area contributed by atoms with Crippen LogP contribution in [0, 0.1) is 18.5 Å². The van der Waals surface area contributed by atoms with Crippen LogP contribution in [0.2, 0.25) is 0 Å². The van der Waals surface area contributed by atoms with Crippen molar-refractivity contribution in [3.8, 4) is 51.3 Å². The summed E-state index contributed by atoms with van der Waals surface area (Å²) in [5.41, 5.74) is 12.2. The minimum absolute atomic E-state index is 0. The Balaban J connectivity index is 0.00000729. The summed E-state index contributed by atoms with van der Waals surface area (Å²) >= 11 is 0. The minimum atomic E-state index is -0.354. The molecule has 0 saturated carbocycles. The van der Waals surface area contributed by atoms with Gasteiger partial charge in [0.25, 0.3) is 6.33 Å². The SMILES string of the molecule is CC(C)(C)c1cc(-c2n[n+](-c3cc(C(C)(C)C)cc(C(C)(C)C)c3)[c-]n2-c2[c-]c(Oc3[c-]c4c(cc3)c3cc(-c5ccccc5)ccc3n4-c3cc(C(C)(C)C)ccn3)cc(C(C)(C)C)n2)cc(C(C)(C)C)c1.[Pt]. The van der Waals surface area contributed by atoms with Gasteiger partial charge in [-0.3, -0.25) is 9.55 Å². The Labute approximate surface area is 455 Å². The van der Waals surface area contributed by atoms with E-state index >= 15 is 0 Å². The van der Waals surface area contributed by atoms with Crippen molar-refractivity contribution in [2.75, 3.05) is 0 Å². The molecule has 8 heteroatoms. The first kappa shape index (κ1) is 54.1. The Morgan fingerprint density at radius 1 is 0.486 bits per heavy atom. The zero-order chi connectivity index (χ0) is 52.8. The molecule has 0 bridgehead atoms. The van der Waals surface area contributed by atoms with Crippen molar-refractivity contribution in [2.24, 2.45) is 0 Å². The summed E-state index contributed by atoms with van der Waals surface area (Å²) in [6.07, 6.45) is 5.62. The summed E-state index contributed by atoms with van der Waals surface area (Å²) in [4.78, 5) is 10.4. The Morgan fingerprint density at radius 2 is 1.07 bits per heavy atom. The number of pyridine rings is 2. The number of ether oxygens (including phenoxy) is 1. The predicted octanol–water partition coefficient (Wildman–Crippen LogP) is 16.3. The topological polar surface area (TPSA) is 61.6 Å². The van der Waals surface area contributed by atoms with E-state index in [1.807, 2.05) is 27.6 Å². The number of fused-ring (bicyclic) bond motifs is 3. The number of hydrogen-bond acceptors (Lipinski definition) is 4. The van der Waals surface area contributed by atoms with Crippen LogP contribution in [0.3, 0.4) is 0 Å². The van der Waals surface area contributed by atoms with Crippen molar-refractivity contribution >= 4 is 21.8 Å². The van der Waals surface area contributed by atoms with E-state index in [1.165, 1.54) is 27.8 Å². The van der Waals surface area contributed by atoms with Gasteiger partial charge < -0.3 is 9.30 Å². The first-order chi connectivity index (χ1) is 33.9. The monoisotopic (exact) mass is 1160 g/mol. The fourth-order valence-electron chi connectivity index (χ4n) is 9.12. The van der Waals surface area contributed by atoms with Crippen LogP contribution >= 0.6 is 0 Å². The predicted molar refractivity (Wildman–Crippen MR) is 301 cm³/mol. The Bertz CT molecular complexity index is 3470. The van der Waals surface area contributed by atoms with Gasteiger partial charge in [-0.2, -0.15) is 16.8 Å². The molecule has 0 atom stereocenters. The van der Waals surface area contributed by atoms with Crippen molar-refractivity contribution in [2.45, 2.75) is 157 Å². The molecule has 0 amide bonds. The molecular formula is C66H74N6OPt-2. The van der Waals surface area contributed by atoms with Crippen LogP contribution in [0.25, 0.3) is 61.6 Å². The quantitative estimate of drug-likeness (QED) is 0.118. The van der Waals surface area contributed by atoms with Gasteiger partial charge in [-0.15, -0.1) is 28.7 Å². The average molecular weight is 1160 g/mol. The van der Waals surface area contributed by atoms with E-state index in [9.17, 15) is 0 Å². The van der Waals surface area contributed by atoms with Gasteiger partial charge in [0, 0.05) is 44.1 Å². The third-order valence-corrected chi connectivity index (χ3v) is 13.9. The molecule has 4 aromatic heterocycles. The fraction of sp³-hybridized carbons (Fsp3) is 0.364. The molecule has 0 spiro atoms. The van der Waals surface area contributed by atoms with Crippen molar-refractivity contribution < 1.29 is 30.5 Å². The molecule has 74 heavy (non-hydrogen) atoms. The van der Waals surface area contributed by atoms with E-state index in [0.29, 0.717) is 23.1 Å². The Morgan fingerprint density at radius 3 is 1.64 bits per heavy atom. The van der Waals surface area contributed by atoms with Crippen LogP contribution in [0.15, 0.2) is 121 Å². The zero-order valence-corrected chi connectivity index (χ0v) is 49.2. The molecule has 386 valence electrons. The van der Waals surface area contributed by atoms with E-state index in [0.717, 1.165) is 55.7 Å². The first-order valence-electron chi connectivity index (χ1n) is 25.8. The van der Waals surface area contributed by atoms with Crippen molar-refractivity contribution in [1.29, 1.82) is 0 Å². The molecule has 0 N–H and O–H groups in total. The molecule has 0 saturated heterocycles. The molecule has 5 aromatic carbocycles. The normalized spacial score (nSPS) is 12.9. The number of benzene rings is 5. The van der Waals surface area contributed by atoms with E-state index in [4.69, 9.17) is 19.8 Å². The third kappa shape index (κ3) is 11.1. The van der Waals surface area contributed by atoms with Gasteiger partial charge in [0.1, 0.15) is 5.82 Å². The number of hydrogen-bond donors (Lipinski definition) is 0. The van der Waals surface area contributed by atoms with E-state index in [2.05, 4.69) is 251 Å². The van der Waals surface area contributed by atoms with Crippen LogP contribution in [0.4, 0.5) is 0 Å². The fourth-order valence-corrected chi connectivity index (χ4v) is 9.12.